The molecule has 0 bridgehead atoms. The zero-order valence-corrected chi connectivity index (χ0v) is 14.1. The minimum atomic E-state index is -2.37. The summed E-state index contributed by atoms with van der Waals surface area (Å²) >= 11 is 17.4. The molecule has 104 valence electrons. The minimum absolute atomic E-state index is 0.534. The van der Waals surface area contributed by atoms with Crippen molar-refractivity contribution in [2.24, 2.45) is 0 Å². The van der Waals surface area contributed by atoms with Gasteiger partial charge in [0, 0.05) is 0 Å². The number of nitriles is 1. The second-order valence-corrected chi connectivity index (χ2v) is 13.7. The normalized spacial score (nSPS) is 11.9. The molecule has 0 N–H and O–H groups in total. The Balaban J connectivity index is 3.11. The zero-order valence-electron chi connectivity index (χ0n) is 10.8. The summed E-state index contributed by atoms with van der Waals surface area (Å²) < 4.78 is 0. The number of halogens is 3. The Hall–Kier alpha value is 0.317. The maximum atomic E-state index is 8.34. The summed E-state index contributed by atoms with van der Waals surface area (Å²) in [6.45, 7) is 0. The highest BCUT2D eigenvalue weighted by Gasteiger charge is 2.23. The molecule has 0 unspecified atom stereocenters. The molecular formula is C13H22Cl3NSi. The van der Waals surface area contributed by atoms with Gasteiger partial charge in [0.15, 0.2) is 0 Å². The highest BCUT2D eigenvalue weighted by Crippen LogP contribution is 2.27. The minimum Gasteiger partial charge on any atom is -0.198 e. The number of nitrogens with zero attached hydrogens (tertiary/aromatic N) is 1. The summed E-state index contributed by atoms with van der Waals surface area (Å²) in [6.07, 6.45) is 14.2. The van der Waals surface area contributed by atoms with Crippen LogP contribution in [0.3, 0.4) is 0 Å². The van der Waals surface area contributed by atoms with Crippen LogP contribution in [-0.2, 0) is 0 Å². The van der Waals surface area contributed by atoms with E-state index in [2.05, 4.69) is 12.1 Å². The summed E-state index contributed by atoms with van der Waals surface area (Å²) in [5.41, 5.74) is 0. The van der Waals surface area contributed by atoms with E-state index in [1.165, 1.54) is 38.5 Å². The van der Waals surface area contributed by atoms with Gasteiger partial charge in [-0.25, -0.2) is 0 Å². The third-order valence-corrected chi connectivity index (χ3v) is 5.33. The molecular weight excluding hydrogens is 305 g/mol. The van der Waals surface area contributed by atoms with Crippen molar-refractivity contribution < 1.29 is 0 Å². The molecule has 0 aliphatic carbocycles. The van der Waals surface area contributed by atoms with E-state index in [-0.39, 0.29) is 0 Å². The number of allylic oxidation sites excluding steroid dienone is 2. The molecule has 18 heavy (non-hydrogen) atoms. The quantitative estimate of drug-likeness (QED) is 0.191. The Morgan fingerprint density at radius 2 is 1.39 bits per heavy atom. The zero-order chi connectivity index (χ0) is 13.7. The molecule has 0 aliphatic rings. The van der Waals surface area contributed by atoms with Crippen molar-refractivity contribution >= 4 is 39.2 Å². The van der Waals surface area contributed by atoms with Crippen LogP contribution in [0, 0.1) is 11.3 Å². The van der Waals surface area contributed by atoms with Gasteiger partial charge in [0.2, 0.25) is 0 Å². The van der Waals surface area contributed by atoms with Gasteiger partial charge in [-0.15, -0.1) is 33.2 Å². The summed E-state index contributed by atoms with van der Waals surface area (Å²) in [4.78, 5) is 0. The average Bonchev–Trinajstić information content (AvgIpc) is 2.29. The van der Waals surface area contributed by atoms with Gasteiger partial charge in [0.05, 0.1) is 12.5 Å². The Labute approximate surface area is 126 Å². The van der Waals surface area contributed by atoms with Crippen molar-refractivity contribution in [2.75, 3.05) is 0 Å². The first kappa shape index (κ1) is 18.3. The van der Waals surface area contributed by atoms with E-state index in [1.807, 2.05) is 6.08 Å². The van der Waals surface area contributed by atoms with Gasteiger partial charge in [-0.1, -0.05) is 50.7 Å². The largest absolute Gasteiger partial charge is 0.341 e. The van der Waals surface area contributed by atoms with E-state index < -0.39 is 6.00 Å². The predicted octanol–water partition coefficient (Wildman–Crippen LogP) is 6.23. The van der Waals surface area contributed by atoms with E-state index in [4.69, 9.17) is 38.5 Å². The topological polar surface area (TPSA) is 23.8 Å². The van der Waals surface area contributed by atoms with E-state index >= 15 is 0 Å². The second-order valence-electron chi connectivity index (χ2n) is 4.46. The van der Waals surface area contributed by atoms with Crippen LogP contribution in [0.2, 0.25) is 6.04 Å². The third kappa shape index (κ3) is 16.3. The highest BCUT2D eigenvalue weighted by molar-refractivity contribution is 7.64. The summed E-state index contributed by atoms with van der Waals surface area (Å²) in [5, 5.41) is 8.34. The first-order valence-corrected chi connectivity index (χ1v) is 11.9. The molecule has 0 fully saturated rings. The lowest BCUT2D eigenvalue weighted by molar-refractivity contribution is 0.591. The standard InChI is InChI=1S/C13H22Cl3NSi/c14-18(15,16)13-11-9-7-5-3-1-2-4-6-8-10-12-17/h6,8H,1-5,7,9-11,13H2. The lowest BCUT2D eigenvalue weighted by Crippen LogP contribution is -2.07. The Bertz CT molecular complexity index is 256. The maximum absolute atomic E-state index is 8.34. The van der Waals surface area contributed by atoms with Crippen molar-refractivity contribution in [3.05, 3.63) is 12.2 Å². The molecule has 0 spiro atoms. The Kier molecular flexibility index (Phi) is 12.6. The number of unbranched alkanes of at least 4 members (excludes halogenated alkanes) is 7. The summed E-state index contributed by atoms with van der Waals surface area (Å²) in [6, 6.07) is 0.521. The van der Waals surface area contributed by atoms with Crippen molar-refractivity contribution in [3.63, 3.8) is 0 Å². The Morgan fingerprint density at radius 1 is 0.833 bits per heavy atom. The number of hydrogen-bond donors (Lipinski definition) is 0. The van der Waals surface area contributed by atoms with Crippen LogP contribution < -0.4 is 0 Å². The first-order chi connectivity index (χ1) is 8.56. The van der Waals surface area contributed by atoms with Crippen LogP contribution >= 0.6 is 33.2 Å². The molecule has 0 heterocycles. The fourth-order valence-electron chi connectivity index (χ4n) is 1.73. The maximum Gasteiger partial charge on any atom is 0.341 e. The van der Waals surface area contributed by atoms with E-state index in [9.17, 15) is 0 Å². The molecule has 0 rings (SSSR count). The van der Waals surface area contributed by atoms with Gasteiger partial charge in [-0.3, -0.25) is 0 Å². The van der Waals surface area contributed by atoms with Gasteiger partial charge < -0.3 is 0 Å². The SMILES string of the molecule is N#CCC=CCCCCCCCCC[Si](Cl)(Cl)Cl. The first-order valence-electron chi connectivity index (χ1n) is 6.65. The van der Waals surface area contributed by atoms with Crippen LogP contribution in [0.5, 0.6) is 0 Å². The number of rotatable bonds is 11. The van der Waals surface area contributed by atoms with E-state index in [1.54, 1.807) is 0 Å². The third-order valence-electron chi connectivity index (χ3n) is 2.71. The molecule has 0 atom stereocenters. The van der Waals surface area contributed by atoms with E-state index in [0.29, 0.717) is 6.42 Å². The smallest absolute Gasteiger partial charge is 0.198 e. The van der Waals surface area contributed by atoms with Crippen LogP contribution in [0.1, 0.15) is 57.8 Å². The Morgan fingerprint density at radius 3 is 1.94 bits per heavy atom. The van der Waals surface area contributed by atoms with Gasteiger partial charge >= 0.3 is 6.00 Å². The van der Waals surface area contributed by atoms with E-state index in [0.717, 1.165) is 18.9 Å². The van der Waals surface area contributed by atoms with Crippen LogP contribution in [-0.4, -0.2) is 6.00 Å². The molecule has 0 aromatic rings. The van der Waals surface area contributed by atoms with Crippen molar-refractivity contribution in [1.82, 2.24) is 0 Å². The van der Waals surface area contributed by atoms with Crippen LogP contribution in [0.4, 0.5) is 0 Å². The monoisotopic (exact) mass is 325 g/mol. The molecule has 0 aliphatic heterocycles. The second kappa shape index (κ2) is 12.4. The van der Waals surface area contributed by atoms with Crippen molar-refractivity contribution in [3.8, 4) is 6.07 Å². The lowest BCUT2D eigenvalue weighted by Gasteiger charge is -2.06. The number of hydrogen-bond acceptors (Lipinski definition) is 1. The molecule has 0 saturated carbocycles. The highest BCUT2D eigenvalue weighted by atomic mass is 35.8. The average molecular weight is 327 g/mol. The molecule has 0 radical (unpaired) electrons. The van der Waals surface area contributed by atoms with Gasteiger partial charge in [0.25, 0.3) is 0 Å². The fraction of sp³-hybridized carbons (Fsp3) is 0.769. The molecule has 0 aromatic heterocycles. The summed E-state index contributed by atoms with van der Waals surface area (Å²) in [5.74, 6) is 0. The molecule has 0 amide bonds. The van der Waals surface area contributed by atoms with Crippen LogP contribution in [0.25, 0.3) is 0 Å². The van der Waals surface area contributed by atoms with Crippen molar-refractivity contribution in [2.45, 2.75) is 63.8 Å². The molecule has 0 aromatic carbocycles. The van der Waals surface area contributed by atoms with Crippen LogP contribution in [0.15, 0.2) is 12.2 Å². The summed E-state index contributed by atoms with van der Waals surface area (Å²) in [7, 11) is 0. The molecule has 1 nitrogen and oxygen atoms in total. The van der Waals surface area contributed by atoms with Crippen molar-refractivity contribution in [1.29, 1.82) is 5.26 Å². The van der Waals surface area contributed by atoms with Gasteiger partial charge in [-0.2, -0.15) is 5.26 Å². The lowest BCUT2D eigenvalue weighted by atomic mass is 10.1. The predicted molar refractivity (Wildman–Crippen MR) is 84.4 cm³/mol. The fourth-order valence-corrected chi connectivity index (χ4v) is 3.58. The van der Waals surface area contributed by atoms with Gasteiger partial charge in [0.1, 0.15) is 0 Å². The molecule has 5 heteroatoms. The van der Waals surface area contributed by atoms with Gasteiger partial charge in [-0.05, 0) is 18.9 Å². The molecule has 0 saturated heterocycles.